The highest BCUT2D eigenvalue weighted by Gasteiger charge is 2.21. The summed E-state index contributed by atoms with van der Waals surface area (Å²) in [4.78, 5) is 10.4. The molecule has 0 aliphatic heterocycles. The van der Waals surface area contributed by atoms with Crippen LogP contribution in [-0.2, 0) is 0 Å². The molecule has 0 radical (unpaired) electrons. The summed E-state index contributed by atoms with van der Waals surface area (Å²) in [7, 11) is 0. The molecule has 0 bridgehead atoms. The van der Waals surface area contributed by atoms with Crippen LogP contribution in [0.5, 0.6) is 23.0 Å². The SMILES string of the molecule is O=C(O)c1c(O)cc(O)c(O)c1O. The lowest BCUT2D eigenvalue weighted by atomic mass is 10.1. The summed E-state index contributed by atoms with van der Waals surface area (Å²) in [6.07, 6.45) is 0. The average Bonchev–Trinajstić information content (AvgIpc) is 1.99. The van der Waals surface area contributed by atoms with Crippen LogP contribution in [0.3, 0.4) is 0 Å². The third-order valence-corrected chi connectivity index (χ3v) is 1.45. The van der Waals surface area contributed by atoms with Gasteiger partial charge in [-0.25, -0.2) is 4.79 Å². The maximum Gasteiger partial charge on any atom is 0.343 e. The van der Waals surface area contributed by atoms with Gasteiger partial charge in [-0.05, 0) is 0 Å². The number of benzene rings is 1. The molecule has 0 spiro atoms. The fraction of sp³-hybridized carbons (Fsp3) is 0. The first-order chi connectivity index (χ1) is 5.95. The summed E-state index contributed by atoms with van der Waals surface area (Å²) in [5.74, 6) is -5.26. The minimum absolute atomic E-state index is 0.624. The van der Waals surface area contributed by atoms with Crippen molar-refractivity contribution >= 4 is 5.97 Å². The van der Waals surface area contributed by atoms with Crippen molar-refractivity contribution in [3.05, 3.63) is 11.6 Å². The van der Waals surface area contributed by atoms with Crippen molar-refractivity contribution in [2.24, 2.45) is 0 Å². The van der Waals surface area contributed by atoms with Crippen LogP contribution < -0.4 is 0 Å². The van der Waals surface area contributed by atoms with Crippen molar-refractivity contribution < 1.29 is 30.3 Å². The van der Waals surface area contributed by atoms with Gasteiger partial charge in [-0.3, -0.25) is 0 Å². The number of carbonyl (C=O) groups is 1. The molecular formula is C7H6O6. The van der Waals surface area contributed by atoms with Crippen molar-refractivity contribution in [3.8, 4) is 23.0 Å². The van der Waals surface area contributed by atoms with Crippen molar-refractivity contribution in [1.29, 1.82) is 0 Å². The molecule has 0 aliphatic carbocycles. The molecule has 0 aliphatic rings. The topological polar surface area (TPSA) is 118 Å². The van der Waals surface area contributed by atoms with Gasteiger partial charge in [0.05, 0.1) is 0 Å². The van der Waals surface area contributed by atoms with Crippen LogP contribution in [0.1, 0.15) is 10.4 Å². The molecule has 6 heteroatoms. The minimum Gasteiger partial charge on any atom is -0.507 e. The number of phenolic OH excluding ortho intramolecular Hbond substituents is 2. The number of hydrogen-bond donors (Lipinski definition) is 5. The molecule has 1 rings (SSSR count). The van der Waals surface area contributed by atoms with Gasteiger partial charge in [0.2, 0.25) is 5.75 Å². The maximum atomic E-state index is 10.4. The first-order valence-electron chi connectivity index (χ1n) is 3.15. The molecule has 0 saturated heterocycles. The predicted molar refractivity (Wildman–Crippen MR) is 40.1 cm³/mol. The van der Waals surface area contributed by atoms with Gasteiger partial charge >= 0.3 is 5.97 Å². The van der Waals surface area contributed by atoms with E-state index in [1.807, 2.05) is 0 Å². The van der Waals surface area contributed by atoms with Gasteiger partial charge in [-0.15, -0.1) is 0 Å². The second-order valence-electron chi connectivity index (χ2n) is 2.29. The number of aromatic carboxylic acids is 1. The van der Waals surface area contributed by atoms with Crippen LogP contribution in [0.25, 0.3) is 0 Å². The van der Waals surface area contributed by atoms with Crippen LogP contribution in [0.15, 0.2) is 6.07 Å². The molecule has 0 unspecified atom stereocenters. The van der Waals surface area contributed by atoms with Crippen molar-refractivity contribution in [2.45, 2.75) is 0 Å². The van der Waals surface area contributed by atoms with Gasteiger partial charge in [-0.1, -0.05) is 0 Å². The molecule has 1 aromatic rings. The van der Waals surface area contributed by atoms with E-state index in [2.05, 4.69) is 0 Å². The number of aromatic hydroxyl groups is 4. The monoisotopic (exact) mass is 186 g/mol. The molecule has 5 N–H and O–H groups in total. The van der Waals surface area contributed by atoms with Gasteiger partial charge in [0, 0.05) is 6.07 Å². The van der Waals surface area contributed by atoms with E-state index in [4.69, 9.17) is 25.5 Å². The van der Waals surface area contributed by atoms with E-state index in [0.717, 1.165) is 0 Å². The zero-order valence-electron chi connectivity index (χ0n) is 6.22. The molecule has 0 fully saturated rings. The van der Waals surface area contributed by atoms with E-state index in [9.17, 15) is 4.79 Å². The van der Waals surface area contributed by atoms with E-state index in [-0.39, 0.29) is 0 Å². The molecule has 13 heavy (non-hydrogen) atoms. The standard InChI is InChI=1S/C7H6O6/c8-2-1-3(9)5(10)6(11)4(2)7(12)13/h1,8-11H,(H,12,13). The molecular weight excluding hydrogens is 180 g/mol. The Balaban J connectivity index is 3.53. The van der Waals surface area contributed by atoms with E-state index in [1.54, 1.807) is 0 Å². The van der Waals surface area contributed by atoms with Crippen molar-refractivity contribution in [3.63, 3.8) is 0 Å². The average molecular weight is 186 g/mol. The Morgan fingerprint density at radius 1 is 1.00 bits per heavy atom. The third-order valence-electron chi connectivity index (χ3n) is 1.45. The van der Waals surface area contributed by atoms with E-state index in [1.165, 1.54) is 0 Å². The summed E-state index contributed by atoms with van der Waals surface area (Å²) >= 11 is 0. The van der Waals surface area contributed by atoms with Crippen molar-refractivity contribution in [1.82, 2.24) is 0 Å². The lowest BCUT2D eigenvalue weighted by Crippen LogP contribution is -1.97. The highest BCUT2D eigenvalue weighted by atomic mass is 16.4. The second-order valence-corrected chi connectivity index (χ2v) is 2.29. The molecule has 0 heterocycles. The summed E-state index contributed by atoms with van der Waals surface area (Å²) < 4.78 is 0. The third kappa shape index (κ3) is 1.28. The normalized spacial score (nSPS) is 9.85. The molecule has 0 atom stereocenters. The molecule has 0 saturated carbocycles. The summed E-state index contributed by atoms with van der Waals surface area (Å²) in [5.41, 5.74) is -0.852. The number of phenols is 4. The number of hydrogen-bond acceptors (Lipinski definition) is 5. The van der Waals surface area contributed by atoms with Crippen LogP contribution in [-0.4, -0.2) is 31.5 Å². The molecule has 1 aromatic carbocycles. The molecule has 0 amide bonds. The fourth-order valence-corrected chi connectivity index (χ4v) is 0.842. The maximum absolute atomic E-state index is 10.4. The Morgan fingerprint density at radius 2 is 1.54 bits per heavy atom. The smallest absolute Gasteiger partial charge is 0.343 e. The summed E-state index contributed by atoms with van der Waals surface area (Å²) in [5, 5.41) is 44.1. The van der Waals surface area contributed by atoms with Crippen LogP contribution in [0, 0.1) is 0 Å². The molecule has 6 nitrogen and oxygen atoms in total. The second kappa shape index (κ2) is 2.74. The highest BCUT2D eigenvalue weighted by Crippen LogP contribution is 2.42. The Hall–Kier alpha value is -2.11. The summed E-state index contributed by atoms with van der Waals surface area (Å²) in [6.45, 7) is 0. The first-order valence-corrected chi connectivity index (χ1v) is 3.15. The lowest BCUT2D eigenvalue weighted by molar-refractivity contribution is 0.0689. The van der Waals surface area contributed by atoms with Gasteiger partial charge in [0.15, 0.2) is 11.5 Å². The largest absolute Gasteiger partial charge is 0.507 e. The fourth-order valence-electron chi connectivity index (χ4n) is 0.842. The summed E-state index contributed by atoms with van der Waals surface area (Å²) in [6, 6.07) is 0.624. The number of carboxylic acids is 1. The van der Waals surface area contributed by atoms with Crippen LogP contribution in [0.2, 0.25) is 0 Å². The van der Waals surface area contributed by atoms with Gasteiger partial charge in [0.1, 0.15) is 11.3 Å². The Kier molecular flexibility index (Phi) is 1.89. The Labute approximate surface area is 71.9 Å². The lowest BCUT2D eigenvalue weighted by Gasteiger charge is -2.05. The highest BCUT2D eigenvalue weighted by molar-refractivity contribution is 5.95. The van der Waals surface area contributed by atoms with Gasteiger partial charge in [0.25, 0.3) is 0 Å². The quantitative estimate of drug-likeness (QED) is 0.316. The first kappa shape index (κ1) is 8.98. The van der Waals surface area contributed by atoms with E-state index < -0.39 is 34.5 Å². The number of carboxylic acid groups (broad SMARTS) is 1. The van der Waals surface area contributed by atoms with E-state index >= 15 is 0 Å². The van der Waals surface area contributed by atoms with Crippen molar-refractivity contribution in [2.75, 3.05) is 0 Å². The van der Waals surface area contributed by atoms with Gasteiger partial charge < -0.3 is 25.5 Å². The minimum atomic E-state index is -1.61. The zero-order chi connectivity index (χ0) is 10.2. The van der Waals surface area contributed by atoms with Crippen LogP contribution >= 0.6 is 0 Å². The Morgan fingerprint density at radius 3 is 2.00 bits per heavy atom. The predicted octanol–water partition coefficient (Wildman–Crippen LogP) is 0.207. The number of rotatable bonds is 1. The van der Waals surface area contributed by atoms with Gasteiger partial charge in [-0.2, -0.15) is 0 Å². The molecule has 0 aromatic heterocycles. The zero-order valence-corrected chi connectivity index (χ0v) is 6.22. The van der Waals surface area contributed by atoms with Crippen LogP contribution in [0.4, 0.5) is 0 Å². The Bertz CT molecular complexity index is 370. The van der Waals surface area contributed by atoms with E-state index in [0.29, 0.717) is 6.07 Å². The molecule has 70 valence electrons.